The number of hydrogen-bond acceptors (Lipinski definition) is 4. The summed E-state index contributed by atoms with van der Waals surface area (Å²) in [4.78, 5) is 0. The van der Waals surface area contributed by atoms with Crippen molar-refractivity contribution in [3.63, 3.8) is 0 Å². The van der Waals surface area contributed by atoms with Crippen molar-refractivity contribution in [2.24, 2.45) is 0 Å². The molecule has 0 unspecified atom stereocenters. The molecule has 0 aromatic heterocycles. The molecule has 0 radical (unpaired) electrons. The third-order valence-corrected chi connectivity index (χ3v) is 15.6. The Bertz CT molecular complexity index is 1470. The molecule has 0 saturated carbocycles. The Hall–Kier alpha value is -2.36. The van der Waals surface area contributed by atoms with Crippen LogP contribution in [0.5, 0.6) is 23.0 Å². The molecule has 2 heterocycles. The molecule has 4 nitrogen and oxygen atoms in total. The minimum absolute atomic E-state index is 0.169. The number of aromatic hydroxyl groups is 2. The van der Waals surface area contributed by atoms with Crippen LogP contribution in [-0.4, -0.2) is 21.4 Å². The first-order chi connectivity index (χ1) is 29.9. The van der Waals surface area contributed by atoms with E-state index in [1.165, 1.54) is 191 Å². The molecule has 4 rings (SSSR count). The van der Waals surface area contributed by atoms with Gasteiger partial charge in [0.1, 0.15) is 34.2 Å². The summed E-state index contributed by atoms with van der Waals surface area (Å²) < 4.78 is 13.9. The zero-order valence-corrected chi connectivity index (χ0v) is 42.2. The smallest absolute Gasteiger partial charge is 0.127 e. The van der Waals surface area contributed by atoms with E-state index < -0.39 is 0 Å². The van der Waals surface area contributed by atoms with Gasteiger partial charge in [0, 0.05) is 22.3 Å². The Balaban J connectivity index is 1.24. The minimum atomic E-state index is -0.169. The predicted octanol–water partition coefficient (Wildman–Crippen LogP) is 18.0. The summed E-state index contributed by atoms with van der Waals surface area (Å²) >= 11 is 0. The second-order valence-corrected chi connectivity index (χ2v) is 21.1. The number of hydrogen-bond donors (Lipinski definition) is 2. The van der Waals surface area contributed by atoms with Crippen molar-refractivity contribution in [3.05, 3.63) is 44.5 Å². The third kappa shape index (κ3) is 16.3. The van der Waals surface area contributed by atoms with Crippen LogP contribution in [0, 0.1) is 27.7 Å². The second-order valence-electron chi connectivity index (χ2n) is 21.1. The molecule has 0 bridgehead atoms. The lowest BCUT2D eigenvalue weighted by Gasteiger charge is -2.39. The monoisotopic (exact) mass is 859 g/mol. The van der Waals surface area contributed by atoms with E-state index in [1.54, 1.807) is 0 Å². The summed E-state index contributed by atoms with van der Waals surface area (Å²) in [5, 5.41) is 23.3. The maximum Gasteiger partial charge on any atom is 0.127 e. The average molecular weight is 859 g/mol. The van der Waals surface area contributed by atoms with Crippen LogP contribution in [0.25, 0.3) is 0 Å². The van der Waals surface area contributed by atoms with Crippen LogP contribution in [-0.2, 0) is 25.7 Å². The van der Waals surface area contributed by atoms with E-state index in [4.69, 9.17) is 9.47 Å². The fourth-order valence-electron chi connectivity index (χ4n) is 10.9. The van der Waals surface area contributed by atoms with E-state index in [9.17, 15) is 10.2 Å². The number of ether oxygens (including phenoxy) is 2. The third-order valence-electron chi connectivity index (χ3n) is 15.6. The normalized spacial score (nSPS) is 18.4. The minimum Gasteiger partial charge on any atom is -0.507 e. The highest BCUT2D eigenvalue weighted by atomic mass is 16.5. The topological polar surface area (TPSA) is 58.9 Å². The molecule has 62 heavy (non-hydrogen) atoms. The van der Waals surface area contributed by atoms with Crippen LogP contribution >= 0.6 is 0 Å². The molecule has 2 aromatic carbocycles. The van der Waals surface area contributed by atoms with Crippen molar-refractivity contribution >= 4 is 0 Å². The highest BCUT2D eigenvalue weighted by molar-refractivity contribution is 5.61. The van der Waals surface area contributed by atoms with Crippen molar-refractivity contribution in [1.82, 2.24) is 0 Å². The van der Waals surface area contributed by atoms with E-state index in [-0.39, 0.29) is 11.2 Å². The predicted molar refractivity (Wildman–Crippen MR) is 267 cm³/mol. The molecule has 0 fully saturated rings. The van der Waals surface area contributed by atoms with E-state index in [2.05, 4.69) is 41.5 Å². The molecule has 2 aliphatic rings. The first kappa shape index (κ1) is 52.3. The second kappa shape index (κ2) is 27.8. The quantitative estimate of drug-likeness (QED) is 0.0702. The molecule has 2 atom stereocenters. The summed E-state index contributed by atoms with van der Waals surface area (Å²) in [7, 11) is 0. The highest BCUT2D eigenvalue weighted by Crippen LogP contribution is 2.48. The highest BCUT2D eigenvalue weighted by Gasteiger charge is 2.37. The summed E-state index contributed by atoms with van der Waals surface area (Å²) in [5.74, 6) is 2.83. The Morgan fingerprint density at radius 3 is 0.919 bits per heavy atom. The summed E-state index contributed by atoms with van der Waals surface area (Å²) in [6.07, 6.45) is 45.9. The van der Waals surface area contributed by atoms with Crippen molar-refractivity contribution in [2.75, 3.05) is 0 Å². The number of phenols is 2. The largest absolute Gasteiger partial charge is 0.507 e. The van der Waals surface area contributed by atoms with Gasteiger partial charge in [0.25, 0.3) is 0 Å². The van der Waals surface area contributed by atoms with Crippen LogP contribution in [0.4, 0.5) is 0 Å². The van der Waals surface area contributed by atoms with Gasteiger partial charge >= 0.3 is 0 Å². The molecule has 2 N–H and O–H groups in total. The van der Waals surface area contributed by atoms with Gasteiger partial charge in [0.15, 0.2) is 0 Å². The summed E-state index contributed by atoms with van der Waals surface area (Å²) in [5.41, 5.74) is 8.03. The number of benzene rings is 2. The maximum atomic E-state index is 11.6. The van der Waals surface area contributed by atoms with Gasteiger partial charge in [-0.15, -0.1) is 0 Å². The zero-order chi connectivity index (χ0) is 44.8. The zero-order valence-electron chi connectivity index (χ0n) is 42.2. The van der Waals surface area contributed by atoms with Gasteiger partial charge in [-0.3, -0.25) is 0 Å². The lowest BCUT2D eigenvalue weighted by Crippen LogP contribution is -2.37. The Labute approximate surface area is 383 Å². The summed E-state index contributed by atoms with van der Waals surface area (Å²) in [6.45, 7) is 17.5. The number of phenolic OH excluding ortho intramolecular Hbond substituents is 2. The van der Waals surface area contributed by atoms with Crippen molar-refractivity contribution in [1.29, 1.82) is 0 Å². The van der Waals surface area contributed by atoms with Gasteiger partial charge in [-0.05, 0) is 128 Å². The molecular formula is C58H98O4. The van der Waals surface area contributed by atoms with Gasteiger partial charge < -0.3 is 19.7 Å². The molecule has 0 aliphatic carbocycles. The van der Waals surface area contributed by atoms with Gasteiger partial charge in [0.05, 0.1) is 0 Å². The Morgan fingerprint density at radius 2 is 0.645 bits per heavy atom. The van der Waals surface area contributed by atoms with Crippen molar-refractivity contribution in [2.45, 2.75) is 298 Å². The van der Waals surface area contributed by atoms with Crippen LogP contribution < -0.4 is 9.47 Å². The number of rotatable bonds is 33. The lowest BCUT2D eigenvalue weighted by molar-refractivity contribution is 0.0515. The molecule has 2 aliphatic heterocycles. The van der Waals surface area contributed by atoms with Crippen LogP contribution in [0.2, 0.25) is 0 Å². The molecule has 354 valence electrons. The molecule has 0 spiro atoms. The van der Waals surface area contributed by atoms with Gasteiger partial charge in [-0.1, -0.05) is 181 Å². The molecule has 2 aromatic rings. The molecule has 0 saturated heterocycles. The fraction of sp³-hybridized carbons (Fsp3) is 0.793. The molecule has 0 amide bonds. The lowest BCUT2D eigenvalue weighted by atomic mass is 9.81. The number of unbranched alkanes of at least 4 members (excludes halogenated alkanes) is 26. The van der Waals surface area contributed by atoms with Crippen LogP contribution in [0.3, 0.4) is 0 Å². The van der Waals surface area contributed by atoms with E-state index in [0.29, 0.717) is 24.3 Å². The van der Waals surface area contributed by atoms with Crippen LogP contribution in [0.1, 0.15) is 278 Å². The van der Waals surface area contributed by atoms with Gasteiger partial charge in [-0.2, -0.15) is 0 Å². The Kier molecular flexibility index (Phi) is 23.5. The Morgan fingerprint density at radius 1 is 0.387 bits per heavy atom. The van der Waals surface area contributed by atoms with E-state index in [0.717, 1.165) is 83.4 Å². The fourth-order valence-corrected chi connectivity index (χ4v) is 10.9. The van der Waals surface area contributed by atoms with Gasteiger partial charge in [-0.25, -0.2) is 0 Å². The van der Waals surface area contributed by atoms with Crippen molar-refractivity contribution < 1.29 is 19.7 Å². The van der Waals surface area contributed by atoms with E-state index >= 15 is 0 Å². The first-order valence-corrected chi connectivity index (χ1v) is 27.0. The SMILES string of the molecule is CCCCCCCCCCCCCCCC[C@@]1(C)CCc2c(CCc3c(O)c(C)c(C)c4c3CC[C@](C)(CCCCCCCCCCCCCCCC)O4)c(O)c(C)c(C)c2O1. The maximum absolute atomic E-state index is 11.6. The molecule has 4 heteroatoms. The molecular weight excluding hydrogens is 761 g/mol. The standard InChI is InChI=1S/C58H98O4/c1-9-11-13-15-17-19-21-23-25-27-29-31-33-35-41-57(7)43-39-51-49(53(59)45(3)47(5)55(51)61-57)37-38-50-52-40-44-58(8,62-56(52)48(6)46(4)54(50)60)42-36-34-32-30-28-26-24-22-20-18-16-14-12-10-2/h59-60H,9-44H2,1-8H3/t57-,58-/m0/s1. The number of fused-ring (bicyclic) bond motifs is 2. The van der Waals surface area contributed by atoms with Gasteiger partial charge in [0.2, 0.25) is 0 Å². The average Bonchev–Trinajstić information content (AvgIpc) is 3.26. The first-order valence-electron chi connectivity index (χ1n) is 27.0. The van der Waals surface area contributed by atoms with Crippen LogP contribution in [0.15, 0.2) is 0 Å². The van der Waals surface area contributed by atoms with E-state index in [1.807, 2.05) is 13.8 Å². The van der Waals surface area contributed by atoms with Crippen molar-refractivity contribution in [3.8, 4) is 23.0 Å². The summed E-state index contributed by atoms with van der Waals surface area (Å²) in [6, 6.07) is 0.